The van der Waals surface area contributed by atoms with E-state index in [-0.39, 0.29) is 0 Å². The average Bonchev–Trinajstić information content (AvgIpc) is 3.22. The van der Waals surface area contributed by atoms with Gasteiger partial charge in [0.2, 0.25) is 0 Å². The molecular formula is C29H20N2O. The van der Waals surface area contributed by atoms with Crippen LogP contribution >= 0.6 is 0 Å². The predicted octanol–water partition coefficient (Wildman–Crippen LogP) is 7.69. The van der Waals surface area contributed by atoms with Crippen molar-refractivity contribution in [2.24, 2.45) is 0 Å². The Bertz CT molecular complexity index is 1560. The van der Waals surface area contributed by atoms with Crippen LogP contribution in [0.25, 0.3) is 55.6 Å². The lowest BCUT2D eigenvalue weighted by atomic mass is 10.0. The normalized spacial score (nSPS) is 11.3. The van der Waals surface area contributed by atoms with Crippen molar-refractivity contribution in [2.75, 3.05) is 0 Å². The molecule has 0 bridgehead atoms. The summed E-state index contributed by atoms with van der Waals surface area (Å²) in [5.41, 5.74) is 8.13. The second-order valence-electron chi connectivity index (χ2n) is 7.94. The van der Waals surface area contributed by atoms with Crippen LogP contribution in [0.15, 0.2) is 108 Å². The number of para-hydroxylation sites is 1. The summed E-state index contributed by atoms with van der Waals surface area (Å²) in [5.74, 6) is 0.765. The SMILES string of the molecule is Cc1nc(-c2ccccc2)cc(-c2ccc(-c3ccc4c(c3)oc3ccccc34)cc2)n1. The van der Waals surface area contributed by atoms with E-state index in [1.165, 1.54) is 0 Å². The van der Waals surface area contributed by atoms with Crippen molar-refractivity contribution in [1.82, 2.24) is 9.97 Å². The van der Waals surface area contributed by atoms with Crippen molar-refractivity contribution in [3.63, 3.8) is 0 Å². The molecule has 0 amide bonds. The topological polar surface area (TPSA) is 38.9 Å². The highest BCUT2D eigenvalue weighted by molar-refractivity contribution is 6.05. The van der Waals surface area contributed by atoms with Gasteiger partial charge in [-0.3, -0.25) is 0 Å². The van der Waals surface area contributed by atoms with Gasteiger partial charge in [0.15, 0.2) is 0 Å². The van der Waals surface area contributed by atoms with E-state index in [9.17, 15) is 0 Å². The van der Waals surface area contributed by atoms with Crippen molar-refractivity contribution in [1.29, 1.82) is 0 Å². The number of rotatable bonds is 3. The Morgan fingerprint density at radius 3 is 1.88 bits per heavy atom. The molecule has 6 aromatic rings. The largest absolute Gasteiger partial charge is 0.456 e. The maximum Gasteiger partial charge on any atom is 0.136 e. The van der Waals surface area contributed by atoms with Gasteiger partial charge < -0.3 is 4.42 Å². The first-order chi connectivity index (χ1) is 15.7. The van der Waals surface area contributed by atoms with E-state index in [1.54, 1.807) is 0 Å². The highest BCUT2D eigenvalue weighted by Gasteiger charge is 2.10. The van der Waals surface area contributed by atoms with Crippen molar-refractivity contribution >= 4 is 21.9 Å². The van der Waals surface area contributed by atoms with E-state index in [0.29, 0.717) is 0 Å². The van der Waals surface area contributed by atoms with Gasteiger partial charge in [0.1, 0.15) is 17.0 Å². The van der Waals surface area contributed by atoms with Gasteiger partial charge in [0.05, 0.1) is 11.4 Å². The first-order valence-corrected chi connectivity index (χ1v) is 10.7. The van der Waals surface area contributed by atoms with Crippen molar-refractivity contribution in [3.05, 3.63) is 109 Å². The molecule has 0 saturated heterocycles. The molecule has 0 aliphatic carbocycles. The van der Waals surface area contributed by atoms with Crippen LogP contribution in [0.3, 0.4) is 0 Å². The summed E-state index contributed by atoms with van der Waals surface area (Å²) < 4.78 is 6.06. The van der Waals surface area contributed by atoms with Gasteiger partial charge in [-0.15, -0.1) is 0 Å². The summed E-state index contributed by atoms with van der Waals surface area (Å²) in [4.78, 5) is 9.29. The van der Waals surface area contributed by atoms with Crippen molar-refractivity contribution in [3.8, 4) is 33.6 Å². The third-order valence-electron chi connectivity index (χ3n) is 5.80. The molecule has 0 unspecified atom stereocenters. The minimum atomic E-state index is 0.765. The molecule has 2 aromatic heterocycles. The fourth-order valence-corrected chi connectivity index (χ4v) is 4.21. The minimum absolute atomic E-state index is 0.765. The lowest BCUT2D eigenvalue weighted by molar-refractivity contribution is 0.669. The maximum atomic E-state index is 6.06. The zero-order chi connectivity index (χ0) is 21.5. The quantitative estimate of drug-likeness (QED) is 0.299. The van der Waals surface area contributed by atoms with E-state index in [1.807, 2.05) is 43.3 Å². The number of furan rings is 1. The van der Waals surface area contributed by atoms with Gasteiger partial charge in [-0.25, -0.2) is 9.97 Å². The van der Waals surface area contributed by atoms with Gasteiger partial charge in [-0.05, 0) is 42.3 Å². The molecule has 32 heavy (non-hydrogen) atoms. The maximum absolute atomic E-state index is 6.06. The van der Waals surface area contributed by atoms with E-state index in [0.717, 1.165) is 61.4 Å². The van der Waals surface area contributed by atoms with Crippen LogP contribution in [0.2, 0.25) is 0 Å². The molecule has 3 heteroatoms. The first kappa shape index (κ1) is 18.5. The summed E-state index contributed by atoms with van der Waals surface area (Å²) in [6.07, 6.45) is 0. The third-order valence-corrected chi connectivity index (χ3v) is 5.80. The Balaban J connectivity index is 1.36. The highest BCUT2D eigenvalue weighted by atomic mass is 16.3. The van der Waals surface area contributed by atoms with Crippen molar-refractivity contribution < 1.29 is 4.42 Å². The summed E-state index contributed by atoms with van der Waals surface area (Å²) >= 11 is 0. The van der Waals surface area contributed by atoms with Gasteiger partial charge in [-0.2, -0.15) is 0 Å². The molecule has 0 atom stereocenters. The first-order valence-electron chi connectivity index (χ1n) is 10.7. The van der Waals surface area contributed by atoms with E-state index >= 15 is 0 Å². The Kier molecular flexibility index (Phi) is 4.32. The summed E-state index contributed by atoms with van der Waals surface area (Å²) in [6, 6.07) is 35.4. The molecular weight excluding hydrogens is 392 g/mol. The monoisotopic (exact) mass is 412 g/mol. The standard InChI is InChI=1S/C29H20N2O/c1-19-30-26(21-7-3-2-4-8-21)18-27(31-19)22-13-11-20(12-14-22)23-15-16-25-24-9-5-6-10-28(24)32-29(25)17-23/h2-18H,1H3. The summed E-state index contributed by atoms with van der Waals surface area (Å²) in [6.45, 7) is 1.94. The number of aryl methyl sites for hydroxylation is 1. The van der Waals surface area contributed by atoms with E-state index in [2.05, 4.69) is 76.7 Å². The van der Waals surface area contributed by atoms with Crippen LogP contribution in [0.5, 0.6) is 0 Å². The number of nitrogens with zero attached hydrogens (tertiary/aromatic N) is 2. The molecule has 0 saturated carbocycles. The molecule has 0 fully saturated rings. The number of fused-ring (bicyclic) bond motifs is 3. The van der Waals surface area contributed by atoms with Gasteiger partial charge in [0.25, 0.3) is 0 Å². The predicted molar refractivity (Wildman–Crippen MR) is 130 cm³/mol. The summed E-state index contributed by atoms with van der Waals surface area (Å²) in [5, 5.41) is 2.30. The molecule has 4 aromatic carbocycles. The zero-order valence-electron chi connectivity index (χ0n) is 17.6. The molecule has 0 aliphatic rings. The molecule has 0 radical (unpaired) electrons. The molecule has 0 spiro atoms. The Morgan fingerprint density at radius 1 is 0.500 bits per heavy atom. The number of hydrogen-bond acceptors (Lipinski definition) is 3. The lowest BCUT2D eigenvalue weighted by Crippen LogP contribution is -1.94. The lowest BCUT2D eigenvalue weighted by Gasteiger charge is -2.08. The van der Waals surface area contributed by atoms with E-state index in [4.69, 9.17) is 4.42 Å². The summed E-state index contributed by atoms with van der Waals surface area (Å²) in [7, 11) is 0. The van der Waals surface area contributed by atoms with Gasteiger partial charge in [0, 0.05) is 21.9 Å². The van der Waals surface area contributed by atoms with Crippen LogP contribution in [0.4, 0.5) is 0 Å². The number of aromatic nitrogens is 2. The molecule has 3 nitrogen and oxygen atoms in total. The number of hydrogen-bond donors (Lipinski definition) is 0. The van der Waals surface area contributed by atoms with Crippen LogP contribution in [0, 0.1) is 6.92 Å². The minimum Gasteiger partial charge on any atom is -0.456 e. The second kappa shape index (κ2) is 7.47. The van der Waals surface area contributed by atoms with E-state index < -0.39 is 0 Å². The fourth-order valence-electron chi connectivity index (χ4n) is 4.21. The van der Waals surface area contributed by atoms with Crippen LogP contribution < -0.4 is 0 Å². The second-order valence-corrected chi connectivity index (χ2v) is 7.94. The highest BCUT2D eigenvalue weighted by Crippen LogP contribution is 2.33. The van der Waals surface area contributed by atoms with Crippen LogP contribution in [0.1, 0.15) is 5.82 Å². The third kappa shape index (κ3) is 3.25. The van der Waals surface area contributed by atoms with Gasteiger partial charge >= 0.3 is 0 Å². The van der Waals surface area contributed by atoms with Crippen molar-refractivity contribution in [2.45, 2.75) is 6.92 Å². The average molecular weight is 412 g/mol. The van der Waals surface area contributed by atoms with Crippen LogP contribution in [-0.2, 0) is 0 Å². The Morgan fingerprint density at radius 2 is 1.09 bits per heavy atom. The number of benzene rings is 4. The molecule has 0 aliphatic heterocycles. The Hall–Kier alpha value is -4.24. The Labute approximate surface area is 186 Å². The molecule has 6 rings (SSSR count). The molecule has 0 N–H and O–H groups in total. The molecule has 2 heterocycles. The van der Waals surface area contributed by atoms with Crippen LogP contribution in [-0.4, -0.2) is 9.97 Å². The smallest absolute Gasteiger partial charge is 0.136 e. The zero-order valence-corrected chi connectivity index (χ0v) is 17.6. The fraction of sp³-hybridized carbons (Fsp3) is 0.0345. The molecule has 152 valence electrons. The van der Waals surface area contributed by atoms with Gasteiger partial charge in [-0.1, -0.05) is 78.9 Å².